The summed E-state index contributed by atoms with van der Waals surface area (Å²) in [6.45, 7) is 6.46. The molecule has 0 saturated carbocycles. The van der Waals surface area contributed by atoms with E-state index in [0.717, 1.165) is 0 Å². The molecule has 3 N–H and O–H groups in total. The van der Waals surface area contributed by atoms with Gasteiger partial charge in [-0.25, -0.2) is 0 Å². The number of carbonyl (C=O) groups excluding carboxylic acids is 1. The fourth-order valence-corrected chi connectivity index (χ4v) is 1.65. The number of nitrogens with two attached hydrogens (primary N) is 1. The van der Waals surface area contributed by atoms with Crippen LogP contribution >= 0.6 is 12.2 Å². The van der Waals surface area contributed by atoms with Gasteiger partial charge in [-0.05, 0) is 12.3 Å². The van der Waals surface area contributed by atoms with E-state index in [9.17, 15) is 4.79 Å². The summed E-state index contributed by atoms with van der Waals surface area (Å²) in [4.78, 5) is 12.1. The third-order valence-electron chi connectivity index (χ3n) is 2.55. The highest BCUT2D eigenvalue weighted by molar-refractivity contribution is 7.80. The van der Waals surface area contributed by atoms with Crippen molar-refractivity contribution in [3.05, 3.63) is 0 Å². The highest BCUT2D eigenvalue weighted by Gasteiger charge is 2.23. The fraction of sp³-hybridized carbons (Fsp3) is 0.818. The number of hydrogen-bond donors (Lipinski definition) is 2. The Balaban J connectivity index is 4.43. The van der Waals surface area contributed by atoms with Crippen molar-refractivity contribution >= 4 is 23.1 Å². The number of methoxy groups -OCH3 is 1. The summed E-state index contributed by atoms with van der Waals surface area (Å²) >= 11 is 4.86. The van der Waals surface area contributed by atoms with E-state index in [1.54, 1.807) is 7.11 Å². The average molecular weight is 246 g/mol. The lowest BCUT2D eigenvalue weighted by Gasteiger charge is -2.24. The Labute approximate surface area is 103 Å². The Morgan fingerprint density at radius 1 is 1.50 bits per heavy atom. The molecular weight excluding hydrogens is 224 g/mol. The maximum atomic E-state index is 11.9. The first-order chi connectivity index (χ1) is 7.43. The van der Waals surface area contributed by atoms with Gasteiger partial charge in [0.05, 0.1) is 23.6 Å². The lowest BCUT2D eigenvalue weighted by atomic mass is 10.0. The van der Waals surface area contributed by atoms with Crippen LogP contribution in [0.4, 0.5) is 0 Å². The van der Waals surface area contributed by atoms with E-state index in [1.165, 1.54) is 0 Å². The molecule has 4 nitrogen and oxygen atoms in total. The zero-order valence-corrected chi connectivity index (χ0v) is 11.3. The van der Waals surface area contributed by atoms with Gasteiger partial charge in [0.15, 0.2) is 0 Å². The topological polar surface area (TPSA) is 64.3 Å². The van der Waals surface area contributed by atoms with E-state index in [4.69, 9.17) is 22.7 Å². The van der Waals surface area contributed by atoms with Crippen LogP contribution in [0.3, 0.4) is 0 Å². The molecule has 0 aromatic carbocycles. The first kappa shape index (κ1) is 15.3. The van der Waals surface area contributed by atoms with Crippen LogP contribution in [0.15, 0.2) is 0 Å². The fourth-order valence-electron chi connectivity index (χ4n) is 1.38. The Bertz CT molecular complexity index is 244. The molecule has 0 rings (SSSR count). The van der Waals surface area contributed by atoms with Gasteiger partial charge in [0.1, 0.15) is 0 Å². The molecule has 0 bridgehead atoms. The minimum atomic E-state index is -0.381. The highest BCUT2D eigenvalue weighted by atomic mass is 32.1. The van der Waals surface area contributed by atoms with Crippen LogP contribution in [0, 0.1) is 11.8 Å². The Hall–Kier alpha value is -0.680. The van der Waals surface area contributed by atoms with Gasteiger partial charge in [-0.15, -0.1) is 0 Å². The smallest absolute Gasteiger partial charge is 0.230 e. The first-order valence-corrected chi connectivity index (χ1v) is 5.93. The van der Waals surface area contributed by atoms with Crippen LogP contribution in [0.25, 0.3) is 0 Å². The number of carbonyl (C=O) groups is 1. The zero-order valence-electron chi connectivity index (χ0n) is 10.4. The second-order valence-electron chi connectivity index (χ2n) is 4.18. The third-order valence-corrected chi connectivity index (χ3v) is 2.83. The lowest BCUT2D eigenvalue weighted by molar-refractivity contribution is -0.124. The second-order valence-corrected chi connectivity index (χ2v) is 4.65. The van der Waals surface area contributed by atoms with E-state index >= 15 is 0 Å². The molecule has 0 heterocycles. The molecule has 0 saturated heterocycles. The van der Waals surface area contributed by atoms with Gasteiger partial charge in [-0.1, -0.05) is 33.0 Å². The molecule has 0 aliphatic carbocycles. The number of nitrogens with one attached hydrogen (secondary N) is 1. The van der Waals surface area contributed by atoms with Gasteiger partial charge in [0, 0.05) is 7.11 Å². The quantitative estimate of drug-likeness (QED) is 0.660. The van der Waals surface area contributed by atoms with E-state index in [-0.39, 0.29) is 22.9 Å². The van der Waals surface area contributed by atoms with Gasteiger partial charge in [0.25, 0.3) is 0 Å². The van der Waals surface area contributed by atoms with E-state index in [1.807, 2.05) is 20.8 Å². The van der Waals surface area contributed by atoms with Crippen molar-refractivity contribution < 1.29 is 9.53 Å². The summed E-state index contributed by atoms with van der Waals surface area (Å²) in [6, 6.07) is 0.000833. The van der Waals surface area contributed by atoms with Gasteiger partial charge >= 0.3 is 0 Å². The Morgan fingerprint density at radius 2 is 2.06 bits per heavy atom. The number of rotatable bonds is 7. The standard InChI is InChI=1S/C11H22N2O2S/c1-5-8(10(12)16)11(14)13-9(6-15-4)7(2)3/h7-9H,5-6H2,1-4H3,(H2,12,16)(H,13,14). The van der Waals surface area contributed by atoms with Gasteiger partial charge in [0.2, 0.25) is 5.91 Å². The van der Waals surface area contributed by atoms with Crippen LogP contribution in [0.5, 0.6) is 0 Å². The molecule has 2 atom stereocenters. The van der Waals surface area contributed by atoms with Crippen LogP contribution in [0.1, 0.15) is 27.2 Å². The van der Waals surface area contributed by atoms with Crippen molar-refractivity contribution in [2.24, 2.45) is 17.6 Å². The summed E-state index contributed by atoms with van der Waals surface area (Å²) in [7, 11) is 1.62. The van der Waals surface area contributed by atoms with Crippen LogP contribution in [-0.2, 0) is 9.53 Å². The maximum absolute atomic E-state index is 11.9. The molecule has 5 heteroatoms. The van der Waals surface area contributed by atoms with E-state index < -0.39 is 0 Å². The average Bonchev–Trinajstić information content (AvgIpc) is 2.17. The van der Waals surface area contributed by atoms with Crippen molar-refractivity contribution in [2.75, 3.05) is 13.7 Å². The number of amides is 1. The summed E-state index contributed by atoms with van der Waals surface area (Å²) in [5.74, 6) is -0.174. The third kappa shape index (κ3) is 4.90. The molecule has 0 radical (unpaired) electrons. The molecule has 94 valence electrons. The number of thiocarbonyl (C=S) groups is 1. The summed E-state index contributed by atoms with van der Waals surface area (Å²) in [5.41, 5.74) is 5.51. The number of ether oxygens (including phenoxy) is 1. The summed E-state index contributed by atoms with van der Waals surface area (Å²) in [6.07, 6.45) is 0.624. The zero-order chi connectivity index (χ0) is 12.7. The van der Waals surface area contributed by atoms with Gasteiger partial charge in [-0.3, -0.25) is 4.79 Å². The predicted octanol–water partition coefficient (Wildman–Crippen LogP) is 1.09. The molecule has 0 aromatic heterocycles. The monoisotopic (exact) mass is 246 g/mol. The van der Waals surface area contributed by atoms with Crippen molar-refractivity contribution in [3.8, 4) is 0 Å². The van der Waals surface area contributed by atoms with Gasteiger partial charge < -0.3 is 15.8 Å². The SMILES string of the molecule is CCC(C(=O)NC(COC)C(C)C)C(N)=S. The predicted molar refractivity (Wildman–Crippen MR) is 69.2 cm³/mol. The molecule has 16 heavy (non-hydrogen) atoms. The molecule has 1 amide bonds. The van der Waals surface area contributed by atoms with E-state index in [0.29, 0.717) is 18.9 Å². The molecule has 0 aliphatic rings. The van der Waals surface area contributed by atoms with Crippen molar-refractivity contribution in [2.45, 2.75) is 33.2 Å². The number of hydrogen-bond acceptors (Lipinski definition) is 3. The highest BCUT2D eigenvalue weighted by Crippen LogP contribution is 2.07. The molecule has 0 aromatic rings. The van der Waals surface area contributed by atoms with Crippen LogP contribution < -0.4 is 11.1 Å². The molecular formula is C11H22N2O2S. The molecule has 2 unspecified atom stereocenters. The van der Waals surface area contributed by atoms with Crippen molar-refractivity contribution in [1.29, 1.82) is 0 Å². The van der Waals surface area contributed by atoms with E-state index in [2.05, 4.69) is 5.32 Å². The van der Waals surface area contributed by atoms with Gasteiger partial charge in [-0.2, -0.15) is 0 Å². The van der Waals surface area contributed by atoms with Crippen LogP contribution in [-0.4, -0.2) is 30.7 Å². The minimum absolute atomic E-state index is 0.000833. The normalized spacial score (nSPS) is 14.6. The molecule has 0 aliphatic heterocycles. The van der Waals surface area contributed by atoms with Crippen molar-refractivity contribution in [1.82, 2.24) is 5.32 Å². The summed E-state index contributed by atoms with van der Waals surface area (Å²) < 4.78 is 5.06. The minimum Gasteiger partial charge on any atom is -0.393 e. The second kappa shape index (κ2) is 7.57. The maximum Gasteiger partial charge on any atom is 0.230 e. The summed E-state index contributed by atoms with van der Waals surface area (Å²) in [5, 5.41) is 2.92. The Kier molecular flexibility index (Phi) is 7.25. The Morgan fingerprint density at radius 3 is 2.38 bits per heavy atom. The lowest BCUT2D eigenvalue weighted by Crippen LogP contribution is -2.46. The molecule has 0 spiro atoms. The van der Waals surface area contributed by atoms with Crippen LogP contribution in [0.2, 0.25) is 0 Å². The largest absolute Gasteiger partial charge is 0.393 e. The van der Waals surface area contributed by atoms with Crippen molar-refractivity contribution in [3.63, 3.8) is 0 Å². The first-order valence-electron chi connectivity index (χ1n) is 5.52. The molecule has 0 fully saturated rings.